The van der Waals surface area contributed by atoms with Crippen molar-refractivity contribution in [3.63, 3.8) is 0 Å². The van der Waals surface area contributed by atoms with Gasteiger partial charge >= 0.3 is 5.97 Å². The van der Waals surface area contributed by atoms with Crippen LogP contribution in [0, 0.1) is 5.92 Å². The molecule has 0 aliphatic heterocycles. The lowest BCUT2D eigenvalue weighted by Crippen LogP contribution is -2.25. The molecule has 1 aliphatic carbocycles. The van der Waals surface area contributed by atoms with E-state index < -0.39 is 18.2 Å². The molecule has 12 heavy (non-hydrogen) atoms. The molecule has 1 saturated carbocycles. The lowest BCUT2D eigenvalue weighted by atomic mass is 9.99. The molecule has 3 N–H and O–H groups in total. The molecule has 1 aliphatic rings. The Labute approximate surface area is 70.8 Å². The van der Waals surface area contributed by atoms with Crippen molar-refractivity contribution < 1.29 is 20.1 Å². The molecule has 3 atom stereocenters. The highest BCUT2D eigenvalue weighted by molar-refractivity contribution is 5.66. The van der Waals surface area contributed by atoms with Gasteiger partial charge in [-0.15, -0.1) is 0 Å². The summed E-state index contributed by atoms with van der Waals surface area (Å²) in [6.07, 6.45) is 0.497. The van der Waals surface area contributed by atoms with Crippen LogP contribution >= 0.6 is 0 Å². The van der Waals surface area contributed by atoms with Crippen molar-refractivity contribution in [2.24, 2.45) is 5.92 Å². The standard InChI is InChI=1S/C8H14O4/c9-6-3-1-5(8(6)12)2-4-7(10)11/h5-6,8-9,12H,1-4H2,(H,10,11). The number of aliphatic hydroxyl groups excluding tert-OH is 2. The third kappa shape index (κ3) is 2.19. The summed E-state index contributed by atoms with van der Waals surface area (Å²) in [6.45, 7) is 0. The third-order valence-corrected chi connectivity index (χ3v) is 2.44. The number of carboxylic acids is 1. The zero-order valence-electron chi connectivity index (χ0n) is 6.81. The van der Waals surface area contributed by atoms with E-state index in [-0.39, 0.29) is 12.3 Å². The van der Waals surface area contributed by atoms with Gasteiger partial charge in [-0.2, -0.15) is 0 Å². The molecule has 0 amide bonds. The van der Waals surface area contributed by atoms with Crippen molar-refractivity contribution in [1.29, 1.82) is 0 Å². The number of carbonyl (C=O) groups is 1. The summed E-state index contributed by atoms with van der Waals surface area (Å²) in [5, 5.41) is 26.8. The maximum atomic E-state index is 10.2. The Morgan fingerprint density at radius 3 is 2.42 bits per heavy atom. The minimum absolute atomic E-state index is 0.0314. The van der Waals surface area contributed by atoms with E-state index in [0.717, 1.165) is 6.42 Å². The maximum absolute atomic E-state index is 10.2. The van der Waals surface area contributed by atoms with Crippen LogP contribution in [0.1, 0.15) is 25.7 Å². The van der Waals surface area contributed by atoms with Gasteiger partial charge in [-0.25, -0.2) is 0 Å². The van der Waals surface area contributed by atoms with Crippen LogP contribution < -0.4 is 0 Å². The fourth-order valence-electron chi connectivity index (χ4n) is 1.66. The molecule has 4 nitrogen and oxygen atoms in total. The van der Waals surface area contributed by atoms with Gasteiger partial charge in [0.25, 0.3) is 0 Å². The summed E-state index contributed by atoms with van der Waals surface area (Å²) in [6, 6.07) is 0. The lowest BCUT2D eigenvalue weighted by Gasteiger charge is -2.14. The van der Waals surface area contributed by atoms with Crippen molar-refractivity contribution >= 4 is 5.97 Å². The molecule has 0 saturated heterocycles. The van der Waals surface area contributed by atoms with E-state index in [1.54, 1.807) is 0 Å². The maximum Gasteiger partial charge on any atom is 0.303 e. The summed E-state index contributed by atoms with van der Waals surface area (Å²) in [5.74, 6) is -0.875. The molecule has 0 aromatic rings. The van der Waals surface area contributed by atoms with Crippen molar-refractivity contribution in [3.8, 4) is 0 Å². The minimum atomic E-state index is -0.844. The molecule has 0 aromatic heterocycles. The summed E-state index contributed by atoms with van der Waals surface area (Å²) >= 11 is 0. The second kappa shape index (κ2) is 3.87. The Kier molecular flexibility index (Phi) is 3.05. The number of aliphatic hydroxyl groups is 2. The van der Waals surface area contributed by atoms with Gasteiger partial charge in [0.15, 0.2) is 0 Å². The Morgan fingerprint density at radius 1 is 1.33 bits per heavy atom. The monoisotopic (exact) mass is 174 g/mol. The molecule has 0 spiro atoms. The quantitative estimate of drug-likeness (QED) is 0.562. The number of rotatable bonds is 3. The number of aliphatic carboxylic acids is 1. The Morgan fingerprint density at radius 2 is 2.00 bits per heavy atom. The van der Waals surface area contributed by atoms with E-state index >= 15 is 0 Å². The first kappa shape index (κ1) is 9.48. The van der Waals surface area contributed by atoms with Crippen LogP contribution in [-0.2, 0) is 4.79 Å². The SMILES string of the molecule is O=C(O)CCC1CCC(O)C1O. The van der Waals surface area contributed by atoms with E-state index in [1.807, 2.05) is 0 Å². The van der Waals surface area contributed by atoms with Crippen molar-refractivity contribution in [1.82, 2.24) is 0 Å². The second-order valence-electron chi connectivity index (χ2n) is 3.33. The average Bonchev–Trinajstić information content (AvgIpc) is 2.30. The van der Waals surface area contributed by atoms with Gasteiger partial charge in [-0.3, -0.25) is 4.79 Å². The fraction of sp³-hybridized carbons (Fsp3) is 0.875. The van der Waals surface area contributed by atoms with Gasteiger partial charge in [-0.1, -0.05) is 0 Å². The Hall–Kier alpha value is -0.610. The molecule has 1 fully saturated rings. The van der Waals surface area contributed by atoms with E-state index in [1.165, 1.54) is 0 Å². The van der Waals surface area contributed by atoms with E-state index in [9.17, 15) is 9.90 Å². The molecule has 4 heteroatoms. The fourth-order valence-corrected chi connectivity index (χ4v) is 1.66. The first-order chi connectivity index (χ1) is 5.61. The van der Waals surface area contributed by atoms with Crippen LogP contribution in [0.4, 0.5) is 0 Å². The molecule has 1 rings (SSSR count). The predicted molar refractivity (Wildman–Crippen MR) is 41.6 cm³/mol. The molecule has 0 bridgehead atoms. The van der Waals surface area contributed by atoms with Crippen LogP contribution in [0.5, 0.6) is 0 Å². The predicted octanol–water partition coefficient (Wildman–Crippen LogP) is -0.0170. The summed E-state index contributed by atoms with van der Waals surface area (Å²) in [5.41, 5.74) is 0. The highest BCUT2D eigenvalue weighted by atomic mass is 16.4. The second-order valence-corrected chi connectivity index (χ2v) is 3.33. The minimum Gasteiger partial charge on any atom is -0.481 e. The summed E-state index contributed by atoms with van der Waals surface area (Å²) in [7, 11) is 0. The normalized spacial score (nSPS) is 35.3. The Balaban J connectivity index is 2.29. The van der Waals surface area contributed by atoms with Gasteiger partial charge in [0.1, 0.15) is 0 Å². The van der Waals surface area contributed by atoms with Crippen LogP contribution in [0.25, 0.3) is 0 Å². The third-order valence-electron chi connectivity index (χ3n) is 2.44. The molecule has 70 valence electrons. The average molecular weight is 174 g/mol. The molecular formula is C8H14O4. The van der Waals surface area contributed by atoms with E-state index in [2.05, 4.69) is 0 Å². The Bertz CT molecular complexity index is 168. The first-order valence-corrected chi connectivity index (χ1v) is 4.19. The van der Waals surface area contributed by atoms with Gasteiger partial charge in [-0.05, 0) is 25.2 Å². The first-order valence-electron chi connectivity index (χ1n) is 4.19. The summed E-state index contributed by atoms with van der Waals surface area (Å²) in [4.78, 5) is 10.2. The van der Waals surface area contributed by atoms with Crippen LogP contribution in [0.15, 0.2) is 0 Å². The van der Waals surface area contributed by atoms with E-state index in [0.29, 0.717) is 12.8 Å². The molecule has 0 aromatic carbocycles. The van der Waals surface area contributed by atoms with Crippen molar-refractivity contribution in [2.45, 2.75) is 37.9 Å². The number of hydrogen-bond donors (Lipinski definition) is 3. The van der Waals surface area contributed by atoms with Gasteiger partial charge in [0, 0.05) is 6.42 Å². The van der Waals surface area contributed by atoms with Crippen LogP contribution in [0.2, 0.25) is 0 Å². The highest BCUT2D eigenvalue weighted by Gasteiger charge is 2.32. The molecular weight excluding hydrogens is 160 g/mol. The lowest BCUT2D eigenvalue weighted by molar-refractivity contribution is -0.137. The van der Waals surface area contributed by atoms with Crippen molar-refractivity contribution in [3.05, 3.63) is 0 Å². The highest BCUT2D eigenvalue weighted by Crippen LogP contribution is 2.29. The zero-order valence-corrected chi connectivity index (χ0v) is 6.81. The largest absolute Gasteiger partial charge is 0.481 e. The topological polar surface area (TPSA) is 77.8 Å². The van der Waals surface area contributed by atoms with Gasteiger partial charge in [0.05, 0.1) is 12.2 Å². The smallest absolute Gasteiger partial charge is 0.303 e. The van der Waals surface area contributed by atoms with Gasteiger partial charge in [0.2, 0.25) is 0 Å². The van der Waals surface area contributed by atoms with Crippen LogP contribution in [0.3, 0.4) is 0 Å². The number of hydrogen-bond acceptors (Lipinski definition) is 3. The molecule has 3 unspecified atom stereocenters. The molecule has 0 heterocycles. The number of carboxylic acid groups (broad SMARTS) is 1. The van der Waals surface area contributed by atoms with Gasteiger partial charge < -0.3 is 15.3 Å². The van der Waals surface area contributed by atoms with Crippen LogP contribution in [-0.4, -0.2) is 33.5 Å². The van der Waals surface area contributed by atoms with Crippen molar-refractivity contribution in [2.75, 3.05) is 0 Å². The molecule has 0 radical (unpaired) electrons. The zero-order chi connectivity index (χ0) is 9.14. The summed E-state index contributed by atoms with van der Waals surface area (Å²) < 4.78 is 0. The van der Waals surface area contributed by atoms with E-state index in [4.69, 9.17) is 10.2 Å².